The van der Waals surface area contributed by atoms with Gasteiger partial charge >= 0.3 is 5.97 Å². The molecule has 0 unspecified atom stereocenters. The summed E-state index contributed by atoms with van der Waals surface area (Å²) in [6.07, 6.45) is 2.36. The maximum absolute atomic E-state index is 14.0. The van der Waals surface area contributed by atoms with E-state index in [0.717, 1.165) is 23.8 Å². The number of hydrogen-bond donors (Lipinski definition) is 0. The topological polar surface area (TPSA) is 69.9 Å². The predicted octanol–water partition coefficient (Wildman–Crippen LogP) is 6.24. The number of hydrogen-bond acceptors (Lipinski definition) is 6. The van der Waals surface area contributed by atoms with Gasteiger partial charge in [0, 0.05) is 19.7 Å². The molecule has 5 rings (SSSR count). The van der Waals surface area contributed by atoms with Gasteiger partial charge in [-0.3, -0.25) is 9.36 Å². The van der Waals surface area contributed by atoms with Crippen molar-refractivity contribution < 1.29 is 14.3 Å². The summed E-state index contributed by atoms with van der Waals surface area (Å²) < 4.78 is 15.4. The van der Waals surface area contributed by atoms with E-state index in [2.05, 4.69) is 45.2 Å². The largest absolute Gasteiger partial charge is 0.487 e. The molecule has 0 amide bonds. The van der Waals surface area contributed by atoms with Gasteiger partial charge < -0.3 is 9.47 Å². The Morgan fingerprint density at radius 2 is 1.85 bits per heavy atom. The molecule has 0 N–H and O–H groups in total. The monoisotopic (exact) mass is 796 g/mol. The summed E-state index contributed by atoms with van der Waals surface area (Å²) in [7, 11) is 1.35. The number of carbonyl (C=O) groups is 1. The first-order valence-electron chi connectivity index (χ1n) is 12.4. The summed E-state index contributed by atoms with van der Waals surface area (Å²) in [5.41, 5.74) is 3.20. The molecular formula is C30H23ClI2N2O4S. The average molecular weight is 797 g/mol. The van der Waals surface area contributed by atoms with E-state index in [-0.39, 0.29) is 12.2 Å². The quantitative estimate of drug-likeness (QED) is 0.164. The fourth-order valence-corrected chi connectivity index (χ4v) is 7.81. The van der Waals surface area contributed by atoms with Crippen LogP contribution in [0.25, 0.3) is 6.08 Å². The van der Waals surface area contributed by atoms with Crippen molar-refractivity contribution in [1.29, 1.82) is 0 Å². The third kappa shape index (κ3) is 5.79. The van der Waals surface area contributed by atoms with E-state index < -0.39 is 12.0 Å². The maximum Gasteiger partial charge on any atom is 0.338 e. The highest BCUT2D eigenvalue weighted by molar-refractivity contribution is 14.1. The number of esters is 1. The van der Waals surface area contributed by atoms with Crippen LogP contribution in [0.15, 0.2) is 87.8 Å². The summed E-state index contributed by atoms with van der Waals surface area (Å²) in [6, 6.07) is 20.4. The Morgan fingerprint density at radius 1 is 1.12 bits per heavy atom. The Balaban J connectivity index is 1.67. The van der Waals surface area contributed by atoms with Gasteiger partial charge in [0.15, 0.2) is 4.80 Å². The molecule has 0 saturated carbocycles. The first-order chi connectivity index (χ1) is 19.3. The molecule has 0 bridgehead atoms. The minimum absolute atomic E-state index is 0.236. The summed E-state index contributed by atoms with van der Waals surface area (Å²) in [5, 5.41) is 0.631. The van der Waals surface area contributed by atoms with Crippen LogP contribution in [-0.2, 0) is 16.1 Å². The Hall–Kier alpha value is -2.48. The van der Waals surface area contributed by atoms with Crippen molar-refractivity contribution in [1.82, 2.24) is 4.57 Å². The van der Waals surface area contributed by atoms with Crippen LogP contribution < -0.4 is 19.6 Å². The second kappa shape index (κ2) is 12.6. The van der Waals surface area contributed by atoms with Crippen molar-refractivity contribution >= 4 is 80.2 Å². The van der Waals surface area contributed by atoms with E-state index in [1.807, 2.05) is 79.7 Å². The van der Waals surface area contributed by atoms with Crippen LogP contribution in [0.2, 0.25) is 5.02 Å². The van der Waals surface area contributed by atoms with Crippen molar-refractivity contribution in [2.75, 3.05) is 7.11 Å². The lowest BCUT2D eigenvalue weighted by Gasteiger charge is -2.25. The number of ether oxygens (including phenoxy) is 2. The highest BCUT2D eigenvalue weighted by Gasteiger charge is 2.33. The standard InChI is InChI=1S/C30H23ClI2N2O4S/c1-3-23-25(29(37)38-2)26(17-9-5-4-6-10-17)35-28(36)24(40-30(35)34-23)14-19-13-20(32)15-22(33)27(19)39-16-18-11-7-8-12-21(18)31/h4-15,26H,3,16H2,1-2H3/b24-14+/t26-/m0/s1. The molecule has 4 aromatic rings. The first-order valence-corrected chi connectivity index (χ1v) is 15.7. The number of carbonyl (C=O) groups excluding carboxylic acids is 1. The van der Waals surface area contributed by atoms with E-state index in [9.17, 15) is 9.59 Å². The number of fused-ring (bicyclic) bond motifs is 1. The van der Waals surface area contributed by atoms with Crippen LogP contribution in [0.4, 0.5) is 0 Å². The Morgan fingerprint density at radius 3 is 2.55 bits per heavy atom. The molecule has 1 aliphatic heterocycles. The van der Waals surface area contributed by atoms with Crippen LogP contribution in [0.5, 0.6) is 5.75 Å². The molecule has 2 heterocycles. The van der Waals surface area contributed by atoms with Crippen LogP contribution >= 0.6 is 68.1 Å². The molecule has 40 heavy (non-hydrogen) atoms. The fraction of sp³-hybridized carbons (Fsp3) is 0.167. The van der Waals surface area contributed by atoms with Crippen molar-refractivity contribution in [3.8, 4) is 5.75 Å². The van der Waals surface area contributed by atoms with Crippen LogP contribution in [0.1, 0.15) is 36.1 Å². The minimum Gasteiger partial charge on any atom is -0.487 e. The molecule has 1 aliphatic rings. The molecular weight excluding hydrogens is 774 g/mol. The van der Waals surface area contributed by atoms with Gasteiger partial charge in [-0.1, -0.05) is 78.4 Å². The van der Waals surface area contributed by atoms with Crippen molar-refractivity contribution in [2.24, 2.45) is 4.99 Å². The van der Waals surface area contributed by atoms with Gasteiger partial charge in [-0.25, -0.2) is 9.79 Å². The number of thiazole rings is 1. The number of methoxy groups -OCH3 is 1. The SMILES string of the molecule is CCC1=C(C(=O)OC)[C@H](c2ccccc2)n2c(s/c(=C/c3cc(I)cc(I)c3OCc3ccccc3Cl)c2=O)=N1. The van der Waals surface area contributed by atoms with E-state index in [1.54, 1.807) is 4.57 Å². The second-order valence-corrected chi connectivity index (χ2v) is 12.7. The highest BCUT2D eigenvalue weighted by atomic mass is 127. The lowest BCUT2D eigenvalue weighted by molar-refractivity contribution is -0.136. The molecule has 1 atom stereocenters. The second-order valence-electron chi connectivity index (χ2n) is 8.88. The highest BCUT2D eigenvalue weighted by Crippen LogP contribution is 2.33. The Bertz CT molecular complexity index is 1820. The van der Waals surface area contributed by atoms with Crippen LogP contribution in [-0.4, -0.2) is 17.6 Å². The number of nitrogens with zero attached hydrogens (tertiary/aromatic N) is 2. The molecule has 0 radical (unpaired) electrons. The van der Waals surface area contributed by atoms with Gasteiger partial charge in [0.25, 0.3) is 5.56 Å². The van der Waals surface area contributed by atoms with Gasteiger partial charge in [0.1, 0.15) is 12.4 Å². The third-order valence-electron chi connectivity index (χ3n) is 6.42. The maximum atomic E-state index is 14.0. The van der Waals surface area contributed by atoms with Crippen molar-refractivity contribution in [3.63, 3.8) is 0 Å². The van der Waals surface area contributed by atoms with Gasteiger partial charge in [0.2, 0.25) is 0 Å². The van der Waals surface area contributed by atoms with Crippen molar-refractivity contribution in [3.05, 3.63) is 127 Å². The van der Waals surface area contributed by atoms with E-state index in [4.69, 9.17) is 26.1 Å². The smallest absolute Gasteiger partial charge is 0.338 e. The molecule has 1 aromatic heterocycles. The van der Waals surface area contributed by atoms with Gasteiger partial charge in [-0.05, 0) is 81.4 Å². The molecule has 0 fully saturated rings. The molecule has 0 spiro atoms. The molecule has 0 aliphatic carbocycles. The van der Waals surface area contributed by atoms with Crippen molar-refractivity contribution in [2.45, 2.75) is 26.0 Å². The van der Waals surface area contributed by atoms with Crippen LogP contribution in [0, 0.1) is 7.14 Å². The zero-order valence-corrected chi connectivity index (χ0v) is 27.4. The average Bonchev–Trinajstić information content (AvgIpc) is 3.26. The van der Waals surface area contributed by atoms with Gasteiger partial charge in [-0.2, -0.15) is 0 Å². The Labute approximate surface area is 267 Å². The summed E-state index contributed by atoms with van der Waals surface area (Å²) in [6.45, 7) is 2.23. The number of allylic oxidation sites excluding steroid dienone is 1. The number of rotatable bonds is 7. The zero-order valence-electron chi connectivity index (χ0n) is 21.5. The zero-order chi connectivity index (χ0) is 28.4. The summed E-state index contributed by atoms with van der Waals surface area (Å²) in [4.78, 5) is 32.3. The lowest BCUT2D eigenvalue weighted by Crippen LogP contribution is -2.40. The fourth-order valence-electron chi connectivity index (χ4n) is 4.56. The molecule has 10 heteroatoms. The normalized spacial score (nSPS) is 15.0. The van der Waals surface area contributed by atoms with E-state index in [0.29, 0.717) is 37.8 Å². The predicted molar refractivity (Wildman–Crippen MR) is 175 cm³/mol. The summed E-state index contributed by atoms with van der Waals surface area (Å²) in [5.74, 6) is 0.169. The van der Waals surface area contributed by atoms with Gasteiger partial charge in [-0.15, -0.1) is 0 Å². The van der Waals surface area contributed by atoms with E-state index >= 15 is 0 Å². The number of aromatic nitrogens is 1. The molecule has 6 nitrogen and oxygen atoms in total. The minimum atomic E-state index is -0.644. The van der Waals surface area contributed by atoms with E-state index in [1.165, 1.54) is 18.4 Å². The molecule has 204 valence electrons. The number of benzene rings is 3. The third-order valence-corrected chi connectivity index (χ3v) is 9.19. The number of halogens is 3. The van der Waals surface area contributed by atoms with Gasteiger partial charge in [0.05, 0.1) is 32.5 Å². The molecule has 3 aromatic carbocycles. The molecule has 0 saturated heterocycles. The van der Waals surface area contributed by atoms with Crippen LogP contribution in [0.3, 0.4) is 0 Å². The first kappa shape index (κ1) is 29.0. The lowest BCUT2D eigenvalue weighted by atomic mass is 9.95. The Kier molecular flexibility index (Phi) is 9.13. The summed E-state index contributed by atoms with van der Waals surface area (Å²) >= 11 is 12.1.